The zero-order valence-corrected chi connectivity index (χ0v) is 16.9. The van der Waals surface area contributed by atoms with E-state index in [-0.39, 0.29) is 34.7 Å². The molecule has 0 radical (unpaired) electrons. The third-order valence-corrected chi connectivity index (χ3v) is 4.85. The van der Waals surface area contributed by atoms with Crippen LogP contribution in [-0.2, 0) is 0 Å². The lowest BCUT2D eigenvalue weighted by atomic mass is 10.1. The number of fused-ring (bicyclic) bond motifs is 1. The lowest BCUT2D eigenvalue weighted by Crippen LogP contribution is -2.31. The molecule has 3 aromatic heterocycles. The number of nitrogen functional groups attached to an aromatic ring is 2. The Kier molecular flexibility index (Phi) is 4.92. The van der Waals surface area contributed by atoms with Crippen LogP contribution in [0, 0.1) is 18.3 Å². The molecule has 1 aromatic carbocycles. The lowest BCUT2D eigenvalue weighted by molar-refractivity contribution is 0.856. The number of aromatic nitrogens is 5. The molecule has 4 rings (SSSR count). The van der Waals surface area contributed by atoms with Gasteiger partial charge in [0.15, 0.2) is 5.82 Å². The van der Waals surface area contributed by atoms with E-state index in [1.165, 1.54) is 4.57 Å². The van der Waals surface area contributed by atoms with Gasteiger partial charge < -0.3 is 11.5 Å². The van der Waals surface area contributed by atoms with E-state index in [1.54, 1.807) is 35.5 Å². The fourth-order valence-electron chi connectivity index (χ4n) is 3.46. The van der Waals surface area contributed by atoms with Gasteiger partial charge in [0, 0.05) is 12.7 Å². The minimum atomic E-state index is -0.266. The summed E-state index contributed by atoms with van der Waals surface area (Å²) in [7, 11) is 0. The molecule has 0 aliphatic carbocycles. The number of pyridine rings is 1. The number of hydrogen-bond donors (Lipinski definition) is 2. The quantitative estimate of drug-likeness (QED) is 0.512. The van der Waals surface area contributed by atoms with Gasteiger partial charge in [-0.25, -0.2) is 9.55 Å². The van der Waals surface area contributed by atoms with Gasteiger partial charge in [0.05, 0.1) is 22.8 Å². The van der Waals surface area contributed by atoms with Gasteiger partial charge in [-0.15, -0.1) is 0 Å². The molecule has 0 amide bonds. The fourth-order valence-corrected chi connectivity index (χ4v) is 3.46. The van der Waals surface area contributed by atoms with Gasteiger partial charge in [0.2, 0.25) is 11.9 Å². The third kappa shape index (κ3) is 3.28. The Labute approximate surface area is 177 Å². The van der Waals surface area contributed by atoms with Crippen LogP contribution in [0.25, 0.3) is 16.6 Å². The average molecular weight is 413 g/mol. The van der Waals surface area contributed by atoms with Crippen molar-refractivity contribution in [3.05, 3.63) is 64.2 Å². The molecule has 0 spiro atoms. The summed E-state index contributed by atoms with van der Waals surface area (Å²) < 4.78 is 1.45. The minimum absolute atomic E-state index is 0.0460. The van der Waals surface area contributed by atoms with Crippen molar-refractivity contribution >= 4 is 34.4 Å². The summed E-state index contributed by atoms with van der Waals surface area (Å²) in [5.74, 6) is 0.298. The molecule has 31 heavy (non-hydrogen) atoms. The van der Waals surface area contributed by atoms with Gasteiger partial charge in [0.25, 0.3) is 5.56 Å². The van der Waals surface area contributed by atoms with Crippen LogP contribution in [0.15, 0.2) is 47.5 Å². The number of nitriles is 1. The fraction of sp³-hybridized carbons (Fsp3) is 0.143. The highest BCUT2D eigenvalue weighted by Crippen LogP contribution is 2.30. The largest absolute Gasteiger partial charge is 0.382 e. The van der Waals surface area contributed by atoms with Crippen LogP contribution in [0.5, 0.6) is 0 Å². The summed E-state index contributed by atoms with van der Waals surface area (Å²) in [6.07, 6.45) is 3.18. The predicted molar refractivity (Wildman–Crippen MR) is 118 cm³/mol. The van der Waals surface area contributed by atoms with Gasteiger partial charge in [0.1, 0.15) is 17.5 Å². The van der Waals surface area contributed by atoms with E-state index in [2.05, 4.69) is 15.0 Å². The maximum atomic E-state index is 13.6. The molecule has 10 nitrogen and oxygen atoms in total. The third-order valence-electron chi connectivity index (χ3n) is 4.85. The molecule has 0 saturated heterocycles. The monoisotopic (exact) mass is 413 g/mol. The summed E-state index contributed by atoms with van der Waals surface area (Å²) in [5, 5.41) is 10.1. The average Bonchev–Trinajstić information content (AvgIpc) is 2.75. The highest BCUT2D eigenvalue weighted by atomic mass is 16.1. The van der Waals surface area contributed by atoms with Crippen molar-refractivity contribution in [2.24, 2.45) is 0 Å². The van der Waals surface area contributed by atoms with Crippen LogP contribution >= 0.6 is 0 Å². The molecule has 154 valence electrons. The van der Waals surface area contributed by atoms with Crippen LogP contribution in [0.3, 0.4) is 0 Å². The standard InChI is InChI=1S/C21H19N9O/c1-3-29(18-14(10-22)17(23)27-20(24)28-18)21-26-15-8-4-6-12(2)16(15)19(31)30(21)13-7-5-9-25-11-13/h4-9,11H,3H2,1-2H3,(H4,23,24,27,28). The van der Waals surface area contributed by atoms with E-state index in [1.807, 2.05) is 32.0 Å². The number of hydrogen-bond acceptors (Lipinski definition) is 9. The first-order valence-electron chi connectivity index (χ1n) is 9.49. The van der Waals surface area contributed by atoms with Gasteiger partial charge in [-0.3, -0.25) is 14.7 Å². The first-order chi connectivity index (χ1) is 15.0. The Hall–Kier alpha value is -4.52. The molecule has 0 fully saturated rings. The number of benzene rings is 1. The van der Waals surface area contributed by atoms with Crippen molar-refractivity contribution in [3.63, 3.8) is 0 Å². The SMILES string of the molecule is CCN(c1nc(N)nc(N)c1C#N)c1nc2cccc(C)c2c(=O)n1-c1cccnc1. The molecule has 0 bridgehead atoms. The lowest BCUT2D eigenvalue weighted by Gasteiger charge is -2.25. The Morgan fingerprint density at radius 1 is 1.16 bits per heavy atom. The summed E-state index contributed by atoms with van der Waals surface area (Å²) in [4.78, 5) is 32.3. The van der Waals surface area contributed by atoms with Crippen molar-refractivity contribution in [3.8, 4) is 11.8 Å². The van der Waals surface area contributed by atoms with Crippen LogP contribution in [0.4, 0.5) is 23.5 Å². The summed E-state index contributed by atoms with van der Waals surface area (Å²) >= 11 is 0. The topological polar surface area (TPSA) is 153 Å². The Balaban J connectivity index is 2.12. The van der Waals surface area contributed by atoms with E-state index >= 15 is 0 Å². The van der Waals surface area contributed by atoms with Crippen molar-refractivity contribution in [2.75, 3.05) is 22.9 Å². The highest BCUT2D eigenvalue weighted by molar-refractivity contribution is 5.83. The summed E-state index contributed by atoms with van der Waals surface area (Å²) in [6.45, 7) is 4.03. The van der Waals surface area contributed by atoms with Crippen molar-refractivity contribution in [1.29, 1.82) is 5.26 Å². The van der Waals surface area contributed by atoms with Crippen LogP contribution in [0.1, 0.15) is 18.1 Å². The zero-order chi connectivity index (χ0) is 22.1. The Morgan fingerprint density at radius 2 is 1.97 bits per heavy atom. The number of aryl methyl sites for hydroxylation is 1. The predicted octanol–water partition coefficient (Wildman–Crippen LogP) is 2.07. The first-order valence-corrected chi connectivity index (χ1v) is 9.49. The second kappa shape index (κ2) is 7.72. The van der Waals surface area contributed by atoms with Gasteiger partial charge in [-0.05, 0) is 37.6 Å². The number of rotatable bonds is 4. The normalized spacial score (nSPS) is 10.7. The summed E-state index contributed by atoms with van der Waals surface area (Å²) in [5.41, 5.74) is 13.3. The number of anilines is 4. The van der Waals surface area contributed by atoms with E-state index in [9.17, 15) is 10.1 Å². The summed E-state index contributed by atoms with van der Waals surface area (Å²) in [6, 6.07) is 11.0. The second-order valence-electron chi connectivity index (χ2n) is 6.75. The number of nitrogens with two attached hydrogens (primary N) is 2. The van der Waals surface area contributed by atoms with Crippen molar-refractivity contribution < 1.29 is 0 Å². The molecule has 0 aliphatic heterocycles. The smallest absolute Gasteiger partial charge is 0.267 e. The molecule has 0 saturated carbocycles. The number of nitrogens with zero attached hydrogens (tertiary/aromatic N) is 7. The molecular formula is C21H19N9O. The molecule has 0 unspecified atom stereocenters. The first kappa shape index (κ1) is 19.8. The minimum Gasteiger partial charge on any atom is -0.382 e. The second-order valence-corrected chi connectivity index (χ2v) is 6.75. The Morgan fingerprint density at radius 3 is 2.65 bits per heavy atom. The molecule has 4 N–H and O–H groups in total. The van der Waals surface area contributed by atoms with Crippen LogP contribution in [0.2, 0.25) is 0 Å². The van der Waals surface area contributed by atoms with Crippen LogP contribution < -0.4 is 21.9 Å². The van der Waals surface area contributed by atoms with Crippen molar-refractivity contribution in [2.45, 2.75) is 13.8 Å². The molecule has 0 atom stereocenters. The molecular weight excluding hydrogens is 394 g/mol. The maximum Gasteiger partial charge on any atom is 0.267 e. The molecule has 3 heterocycles. The van der Waals surface area contributed by atoms with E-state index in [0.717, 1.165) is 5.56 Å². The molecule has 0 aliphatic rings. The molecule has 4 aromatic rings. The van der Waals surface area contributed by atoms with Crippen molar-refractivity contribution in [1.82, 2.24) is 24.5 Å². The van der Waals surface area contributed by atoms with Gasteiger partial charge >= 0.3 is 0 Å². The van der Waals surface area contributed by atoms with Crippen LogP contribution in [-0.4, -0.2) is 31.0 Å². The van der Waals surface area contributed by atoms with E-state index < -0.39 is 0 Å². The molecule has 10 heteroatoms. The van der Waals surface area contributed by atoms with Gasteiger partial charge in [-0.1, -0.05) is 12.1 Å². The Bertz CT molecular complexity index is 1390. The van der Waals surface area contributed by atoms with Gasteiger partial charge in [-0.2, -0.15) is 15.2 Å². The van der Waals surface area contributed by atoms with E-state index in [0.29, 0.717) is 23.1 Å². The maximum absolute atomic E-state index is 13.6. The zero-order valence-electron chi connectivity index (χ0n) is 16.9. The highest BCUT2D eigenvalue weighted by Gasteiger charge is 2.24. The van der Waals surface area contributed by atoms with E-state index in [4.69, 9.17) is 16.5 Å².